The molecule has 2 nitrogen and oxygen atoms in total. The minimum atomic E-state index is -0.216. The SMILES string of the molecule is CC(=O)NC(c1ccc(C)cc1)c1ccccc1Cl. The summed E-state index contributed by atoms with van der Waals surface area (Å²) in [6.45, 7) is 3.55. The molecule has 1 N–H and O–H groups in total. The van der Waals surface area contributed by atoms with Gasteiger partial charge in [-0.1, -0.05) is 59.6 Å². The van der Waals surface area contributed by atoms with Crippen LogP contribution in [0.25, 0.3) is 0 Å². The van der Waals surface area contributed by atoms with Crippen LogP contribution in [0, 0.1) is 6.92 Å². The second-order valence-electron chi connectivity index (χ2n) is 4.57. The van der Waals surface area contributed by atoms with E-state index < -0.39 is 0 Å². The van der Waals surface area contributed by atoms with E-state index in [-0.39, 0.29) is 11.9 Å². The average molecular weight is 274 g/mol. The minimum Gasteiger partial charge on any atom is -0.345 e. The van der Waals surface area contributed by atoms with Gasteiger partial charge >= 0.3 is 0 Å². The van der Waals surface area contributed by atoms with E-state index in [2.05, 4.69) is 5.32 Å². The number of amides is 1. The molecule has 0 aliphatic carbocycles. The van der Waals surface area contributed by atoms with E-state index in [1.165, 1.54) is 12.5 Å². The normalized spacial score (nSPS) is 11.9. The number of aryl methyl sites for hydroxylation is 1. The van der Waals surface area contributed by atoms with Crippen LogP contribution < -0.4 is 5.32 Å². The van der Waals surface area contributed by atoms with Crippen molar-refractivity contribution in [3.8, 4) is 0 Å². The Labute approximate surface area is 118 Å². The summed E-state index contributed by atoms with van der Waals surface area (Å²) in [5.41, 5.74) is 3.11. The fraction of sp³-hybridized carbons (Fsp3) is 0.188. The maximum Gasteiger partial charge on any atom is 0.217 e. The molecule has 1 unspecified atom stereocenters. The van der Waals surface area contributed by atoms with Crippen molar-refractivity contribution in [1.82, 2.24) is 5.32 Å². The summed E-state index contributed by atoms with van der Waals surface area (Å²) < 4.78 is 0. The molecule has 0 aliphatic heterocycles. The lowest BCUT2D eigenvalue weighted by molar-refractivity contribution is -0.119. The largest absolute Gasteiger partial charge is 0.345 e. The minimum absolute atomic E-state index is 0.0782. The fourth-order valence-corrected chi connectivity index (χ4v) is 2.26. The summed E-state index contributed by atoms with van der Waals surface area (Å²) >= 11 is 6.23. The maximum absolute atomic E-state index is 11.4. The van der Waals surface area contributed by atoms with Crippen LogP contribution in [0.15, 0.2) is 48.5 Å². The van der Waals surface area contributed by atoms with Crippen LogP contribution in [-0.4, -0.2) is 5.91 Å². The van der Waals surface area contributed by atoms with Crippen molar-refractivity contribution in [2.45, 2.75) is 19.9 Å². The van der Waals surface area contributed by atoms with Gasteiger partial charge in [0.1, 0.15) is 0 Å². The van der Waals surface area contributed by atoms with Gasteiger partial charge < -0.3 is 5.32 Å². The van der Waals surface area contributed by atoms with Crippen LogP contribution in [0.2, 0.25) is 5.02 Å². The molecular weight excluding hydrogens is 258 g/mol. The van der Waals surface area contributed by atoms with Crippen LogP contribution in [-0.2, 0) is 4.79 Å². The molecule has 2 aromatic rings. The molecule has 0 spiro atoms. The predicted molar refractivity (Wildman–Crippen MR) is 78.3 cm³/mol. The van der Waals surface area contributed by atoms with Gasteiger partial charge in [-0.2, -0.15) is 0 Å². The van der Waals surface area contributed by atoms with Crippen molar-refractivity contribution >= 4 is 17.5 Å². The van der Waals surface area contributed by atoms with Gasteiger partial charge in [-0.25, -0.2) is 0 Å². The van der Waals surface area contributed by atoms with Crippen molar-refractivity contribution in [3.63, 3.8) is 0 Å². The standard InChI is InChI=1S/C16H16ClNO/c1-11-7-9-13(10-8-11)16(18-12(2)19)14-5-3-4-6-15(14)17/h3-10,16H,1-2H3,(H,18,19). The molecular formula is C16H16ClNO. The number of hydrogen-bond acceptors (Lipinski definition) is 1. The first kappa shape index (κ1) is 13.6. The smallest absolute Gasteiger partial charge is 0.217 e. The van der Waals surface area contributed by atoms with E-state index in [1.54, 1.807) is 0 Å². The van der Waals surface area contributed by atoms with Gasteiger partial charge in [-0.3, -0.25) is 4.79 Å². The number of hydrogen-bond donors (Lipinski definition) is 1. The monoisotopic (exact) mass is 273 g/mol. The van der Waals surface area contributed by atoms with Gasteiger partial charge in [0, 0.05) is 11.9 Å². The molecule has 0 bridgehead atoms. The summed E-state index contributed by atoms with van der Waals surface area (Å²) in [4.78, 5) is 11.4. The molecule has 1 atom stereocenters. The summed E-state index contributed by atoms with van der Waals surface area (Å²) in [6, 6.07) is 15.4. The maximum atomic E-state index is 11.4. The molecule has 0 heterocycles. The first-order valence-electron chi connectivity index (χ1n) is 6.16. The first-order valence-corrected chi connectivity index (χ1v) is 6.54. The molecule has 19 heavy (non-hydrogen) atoms. The van der Waals surface area contributed by atoms with Crippen molar-refractivity contribution in [1.29, 1.82) is 0 Å². The number of nitrogens with one attached hydrogen (secondary N) is 1. The number of carbonyl (C=O) groups excluding carboxylic acids is 1. The first-order chi connectivity index (χ1) is 9.08. The van der Waals surface area contributed by atoms with E-state index in [0.717, 1.165) is 11.1 Å². The number of halogens is 1. The van der Waals surface area contributed by atoms with Crippen molar-refractivity contribution in [2.75, 3.05) is 0 Å². The van der Waals surface area contributed by atoms with Gasteiger partial charge in [-0.05, 0) is 24.1 Å². The Balaban J connectivity index is 2.44. The molecule has 3 heteroatoms. The van der Waals surface area contributed by atoms with E-state index in [0.29, 0.717) is 5.02 Å². The molecule has 0 saturated carbocycles. The third-order valence-corrected chi connectivity index (χ3v) is 3.32. The van der Waals surface area contributed by atoms with Crippen LogP contribution in [0.1, 0.15) is 29.7 Å². The molecule has 0 aromatic heterocycles. The van der Waals surface area contributed by atoms with Crippen LogP contribution in [0.3, 0.4) is 0 Å². The number of rotatable bonds is 3. The summed E-state index contributed by atoms with van der Waals surface area (Å²) in [7, 11) is 0. The Kier molecular flexibility index (Phi) is 4.23. The quantitative estimate of drug-likeness (QED) is 0.904. The lowest BCUT2D eigenvalue weighted by atomic mass is 9.97. The number of carbonyl (C=O) groups is 1. The highest BCUT2D eigenvalue weighted by molar-refractivity contribution is 6.31. The van der Waals surface area contributed by atoms with Gasteiger partial charge in [0.2, 0.25) is 5.91 Å². The summed E-state index contributed by atoms with van der Waals surface area (Å²) in [5, 5.41) is 3.60. The second kappa shape index (κ2) is 5.89. The zero-order chi connectivity index (χ0) is 13.8. The van der Waals surface area contributed by atoms with Crippen LogP contribution in [0.4, 0.5) is 0 Å². The molecule has 1 amide bonds. The molecule has 0 radical (unpaired) electrons. The van der Waals surface area contributed by atoms with Crippen molar-refractivity contribution in [3.05, 3.63) is 70.2 Å². The molecule has 2 rings (SSSR count). The zero-order valence-electron chi connectivity index (χ0n) is 11.0. The van der Waals surface area contributed by atoms with E-state index >= 15 is 0 Å². The molecule has 98 valence electrons. The second-order valence-corrected chi connectivity index (χ2v) is 4.97. The molecule has 0 fully saturated rings. The third kappa shape index (κ3) is 3.36. The van der Waals surface area contributed by atoms with Gasteiger partial charge in [0.25, 0.3) is 0 Å². The van der Waals surface area contributed by atoms with E-state index in [9.17, 15) is 4.79 Å². The van der Waals surface area contributed by atoms with Crippen molar-refractivity contribution in [2.24, 2.45) is 0 Å². The van der Waals surface area contributed by atoms with E-state index in [1.807, 2.05) is 55.5 Å². The molecule has 0 saturated heterocycles. The molecule has 0 aliphatic rings. The molecule has 2 aromatic carbocycles. The van der Waals surface area contributed by atoms with Gasteiger partial charge in [0.05, 0.1) is 6.04 Å². The summed E-state index contributed by atoms with van der Waals surface area (Å²) in [6.07, 6.45) is 0. The number of benzene rings is 2. The van der Waals surface area contributed by atoms with Gasteiger partial charge in [-0.15, -0.1) is 0 Å². The lowest BCUT2D eigenvalue weighted by Crippen LogP contribution is -2.27. The average Bonchev–Trinajstić information content (AvgIpc) is 2.38. The van der Waals surface area contributed by atoms with Crippen LogP contribution >= 0.6 is 11.6 Å². The lowest BCUT2D eigenvalue weighted by Gasteiger charge is -2.20. The Morgan fingerprint density at radius 3 is 2.32 bits per heavy atom. The van der Waals surface area contributed by atoms with Crippen LogP contribution in [0.5, 0.6) is 0 Å². The van der Waals surface area contributed by atoms with Gasteiger partial charge in [0.15, 0.2) is 0 Å². The zero-order valence-corrected chi connectivity index (χ0v) is 11.7. The Bertz CT molecular complexity index is 578. The third-order valence-electron chi connectivity index (χ3n) is 2.97. The highest BCUT2D eigenvalue weighted by Crippen LogP contribution is 2.28. The van der Waals surface area contributed by atoms with Crippen molar-refractivity contribution < 1.29 is 4.79 Å². The predicted octanol–water partition coefficient (Wildman–Crippen LogP) is 3.87. The Morgan fingerprint density at radius 1 is 1.11 bits per heavy atom. The fourth-order valence-electron chi connectivity index (χ4n) is 2.01. The Morgan fingerprint density at radius 2 is 1.74 bits per heavy atom. The topological polar surface area (TPSA) is 29.1 Å². The Hall–Kier alpha value is -1.80. The highest BCUT2D eigenvalue weighted by atomic mass is 35.5. The highest BCUT2D eigenvalue weighted by Gasteiger charge is 2.17. The summed E-state index contributed by atoms with van der Waals surface area (Å²) in [5.74, 6) is -0.0782. The van der Waals surface area contributed by atoms with E-state index in [4.69, 9.17) is 11.6 Å².